The average Bonchev–Trinajstić information content (AvgIpc) is 3.42. The number of hydrogen-bond donors (Lipinski definition) is 1. The maximum Gasteiger partial charge on any atom is 0.332 e. The topological polar surface area (TPSA) is 130 Å². The van der Waals surface area contributed by atoms with Gasteiger partial charge in [-0.05, 0) is 25.1 Å². The van der Waals surface area contributed by atoms with Crippen LogP contribution in [0.5, 0.6) is 11.5 Å². The highest BCUT2D eigenvalue weighted by molar-refractivity contribution is 5.92. The first-order valence-corrected chi connectivity index (χ1v) is 9.70. The molecular formula is C21H17N5O6. The largest absolute Gasteiger partial charge is 0.454 e. The zero-order chi connectivity index (χ0) is 22.2. The number of hydrogen-bond acceptors (Lipinski definition) is 8. The molecule has 1 aliphatic rings. The van der Waals surface area contributed by atoms with Crippen molar-refractivity contribution in [2.24, 2.45) is 0 Å². The molecule has 32 heavy (non-hydrogen) atoms. The summed E-state index contributed by atoms with van der Waals surface area (Å²) in [6.45, 7) is 1.07. The zero-order valence-electron chi connectivity index (χ0n) is 16.9. The third-order valence-corrected chi connectivity index (χ3v) is 4.94. The highest BCUT2D eigenvalue weighted by atomic mass is 16.7. The third kappa shape index (κ3) is 3.49. The molecule has 0 saturated carbocycles. The predicted molar refractivity (Wildman–Crippen MR) is 112 cm³/mol. The Morgan fingerprint density at radius 1 is 1.09 bits per heavy atom. The van der Waals surface area contributed by atoms with Crippen molar-refractivity contribution in [2.75, 3.05) is 12.1 Å². The normalized spacial score (nSPS) is 12.3. The number of aromatic nitrogens is 4. The van der Waals surface area contributed by atoms with Gasteiger partial charge < -0.3 is 19.3 Å². The van der Waals surface area contributed by atoms with Crippen molar-refractivity contribution in [3.05, 3.63) is 75.0 Å². The van der Waals surface area contributed by atoms with Gasteiger partial charge in [0.15, 0.2) is 17.3 Å². The van der Waals surface area contributed by atoms with Crippen LogP contribution in [0.2, 0.25) is 0 Å². The maximum absolute atomic E-state index is 13.3. The summed E-state index contributed by atoms with van der Waals surface area (Å²) in [6.07, 6.45) is 0. The highest BCUT2D eigenvalue weighted by Crippen LogP contribution is 2.34. The van der Waals surface area contributed by atoms with Crippen molar-refractivity contribution >= 4 is 22.5 Å². The number of para-hydroxylation sites is 1. The lowest BCUT2D eigenvalue weighted by molar-refractivity contribution is -0.116. The molecule has 2 aromatic heterocycles. The van der Waals surface area contributed by atoms with E-state index in [-0.39, 0.29) is 36.7 Å². The Kier molecular flexibility index (Phi) is 4.70. The van der Waals surface area contributed by atoms with E-state index in [0.717, 1.165) is 4.57 Å². The molecule has 1 N–H and O–H groups in total. The minimum absolute atomic E-state index is 0.000166. The first-order chi connectivity index (χ1) is 15.5. The number of nitrogens with zero attached hydrogens (tertiary/aromatic N) is 4. The fourth-order valence-electron chi connectivity index (χ4n) is 3.50. The molecule has 5 rings (SSSR count). The van der Waals surface area contributed by atoms with Crippen molar-refractivity contribution in [2.45, 2.75) is 20.0 Å². The molecule has 11 nitrogen and oxygen atoms in total. The van der Waals surface area contributed by atoms with E-state index in [1.165, 1.54) is 16.7 Å². The van der Waals surface area contributed by atoms with Crippen molar-refractivity contribution in [1.82, 2.24) is 19.3 Å². The van der Waals surface area contributed by atoms with Gasteiger partial charge >= 0.3 is 5.69 Å². The first-order valence-electron chi connectivity index (χ1n) is 9.70. The molecule has 0 atom stereocenters. The molecule has 0 radical (unpaired) electrons. The number of rotatable bonds is 5. The molecule has 0 fully saturated rings. The van der Waals surface area contributed by atoms with Crippen LogP contribution in [-0.2, 0) is 17.9 Å². The second kappa shape index (κ2) is 7.69. The number of ether oxygens (including phenoxy) is 2. The SMILES string of the molecule is Cc1noc(Cn2c(=O)c3cc4c(cc3n(CC(=O)Nc3ccccc3)c2=O)OCO4)n1. The molecular weight excluding hydrogens is 418 g/mol. The van der Waals surface area contributed by atoms with Crippen LogP contribution in [0, 0.1) is 6.92 Å². The minimum Gasteiger partial charge on any atom is -0.454 e. The van der Waals surface area contributed by atoms with Gasteiger partial charge in [-0.25, -0.2) is 4.79 Å². The monoisotopic (exact) mass is 435 g/mol. The molecule has 162 valence electrons. The summed E-state index contributed by atoms with van der Waals surface area (Å²) in [5.41, 5.74) is -0.424. The lowest BCUT2D eigenvalue weighted by Crippen LogP contribution is -2.42. The summed E-state index contributed by atoms with van der Waals surface area (Å²) in [5.74, 6) is 0.811. The summed E-state index contributed by atoms with van der Waals surface area (Å²) in [5, 5.41) is 6.62. The van der Waals surface area contributed by atoms with E-state index in [1.54, 1.807) is 31.2 Å². The van der Waals surface area contributed by atoms with Crippen molar-refractivity contribution in [3.8, 4) is 11.5 Å². The van der Waals surface area contributed by atoms with Gasteiger partial charge in [0.05, 0.1) is 10.9 Å². The smallest absolute Gasteiger partial charge is 0.332 e. The van der Waals surface area contributed by atoms with E-state index < -0.39 is 17.2 Å². The molecule has 0 bridgehead atoms. The van der Waals surface area contributed by atoms with Crippen LogP contribution in [-0.4, -0.2) is 32.0 Å². The second-order valence-corrected chi connectivity index (χ2v) is 7.13. The summed E-state index contributed by atoms with van der Waals surface area (Å²) in [7, 11) is 0. The van der Waals surface area contributed by atoms with E-state index >= 15 is 0 Å². The van der Waals surface area contributed by atoms with Crippen LogP contribution >= 0.6 is 0 Å². The standard InChI is InChI=1S/C21H17N5O6/c1-12-22-19(32-24-12)10-26-20(28)14-7-16-17(31-11-30-16)8-15(14)25(21(26)29)9-18(27)23-13-5-3-2-4-6-13/h2-8H,9-11H2,1H3,(H,23,27). The highest BCUT2D eigenvalue weighted by Gasteiger charge is 2.22. The minimum atomic E-state index is -0.694. The number of aryl methyl sites for hydroxylation is 1. The summed E-state index contributed by atoms with van der Waals surface area (Å²) in [6, 6.07) is 11.9. The van der Waals surface area contributed by atoms with Crippen LogP contribution in [0.25, 0.3) is 10.9 Å². The number of benzene rings is 2. The second-order valence-electron chi connectivity index (χ2n) is 7.13. The molecule has 3 heterocycles. The fourth-order valence-corrected chi connectivity index (χ4v) is 3.50. The van der Waals surface area contributed by atoms with E-state index in [0.29, 0.717) is 23.0 Å². The molecule has 0 aliphatic carbocycles. The third-order valence-electron chi connectivity index (χ3n) is 4.94. The van der Waals surface area contributed by atoms with Gasteiger partial charge in [-0.1, -0.05) is 23.4 Å². The molecule has 0 spiro atoms. The number of carbonyl (C=O) groups is 1. The summed E-state index contributed by atoms with van der Waals surface area (Å²) in [4.78, 5) is 43.2. The maximum atomic E-state index is 13.3. The van der Waals surface area contributed by atoms with Gasteiger partial charge in [0.25, 0.3) is 5.56 Å². The Balaban J connectivity index is 1.63. The Bertz CT molecular complexity index is 1450. The van der Waals surface area contributed by atoms with Crippen molar-refractivity contribution < 1.29 is 18.8 Å². The van der Waals surface area contributed by atoms with Crippen LogP contribution in [0.15, 0.2) is 56.6 Å². The summed E-state index contributed by atoms with van der Waals surface area (Å²) >= 11 is 0. The molecule has 0 saturated heterocycles. The number of amides is 1. The molecule has 1 aliphatic heterocycles. The van der Waals surface area contributed by atoms with Crippen molar-refractivity contribution in [3.63, 3.8) is 0 Å². The van der Waals surface area contributed by atoms with Gasteiger partial charge in [-0.2, -0.15) is 4.98 Å². The Morgan fingerprint density at radius 3 is 2.56 bits per heavy atom. The molecule has 11 heteroatoms. The van der Waals surface area contributed by atoms with E-state index in [2.05, 4.69) is 15.5 Å². The summed E-state index contributed by atoms with van der Waals surface area (Å²) < 4.78 is 18.0. The lowest BCUT2D eigenvalue weighted by atomic mass is 10.2. The van der Waals surface area contributed by atoms with Gasteiger partial charge in [0.1, 0.15) is 13.1 Å². The Hall–Kier alpha value is -4.41. The van der Waals surface area contributed by atoms with Gasteiger partial charge in [0, 0.05) is 11.8 Å². The number of anilines is 1. The van der Waals surface area contributed by atoms with Crippen LogP contribution in [0.1, 0.15) is 11.7 Å². The van der Waals surface area contributed by atoms with Gasteiger partial charge in [-0.15, -0.1) is 0 Å². The van der Waals surface area contributed by atoms with Crippen LogP contribution in [0.4, 0.5) is 5.69 Å². The molecule has 4 aromatic rings. The van der Waals surface area contributed by atoms with Gasteiger partial charge in [-0.3, -0.25) is 18.7 Å². The van der Waals surface area contributed by atoms with Gasteiger partial charge in [0.2, 0.25) is 18.6 Å². The molecule has 1 amide bonds. The zero-order valence-corrected chi connectivity index (χ0v) is 16.9. The van der Waals surface area contributed by atoms with E-state index in [1.807, 2.05) is 6.07 Å². The number of fused-ring (bicyclic) bond motifs is 2. The average molecular weight is 435 g/mol. The fraction of sp³-hybridized carbons (Fsp3) is 0.190. The first kappa shape index (κ1) is 19.5. The van der Waals surface area contributed by atoms with Crippen molar-refractivity contribution in [1.29, 1.82) is 0 Å². The van der Waals surface area contributed by atoms with E-state index in [9.17, 15) is 14.4 Å². The Morgan fingerprint density at radius 2 is 1.84 bits per heavy atom. The molecule has 0 unspecified atom stereocenters. The predicted octanol–water partition coefficient (Wildman–Crippen LogP) is 1.27. The Labute approximate surface area is 179 Å². The van der Waals surface area contributed by atoms with Crippen LogP contribution < -0.4 is 26.0 Å². The molecule has 2 aromatic carbocycles. The number of carbonyl (C=O) groups excluding carboxylic acids is 1. The quantitative estimate of drug-likeness (QED) is 0.496. The van der Waals surface area contributed by atoms with Crippen LogP contribution in [0.3, 0.4) is 0 Å². The van der Waals surface area contributed by atoms with E-state index in [4.69, 9.17) is 14.0 Å². The lowest BCUT2D eigenvalue weighted by Gasteiger charge is -2.14. The number of nitrogens with one attached hydrogen (secondary N) is 1.